The van der Waals surface area contributed by atoms with Gasteiger partial charge in [0.2, 0.25) is 0 Å². The van der Waals surface area contributed by atoms with Gasteiger partial charge in [-0.2, -0.15) is 5.10 Å². The molecule has 0 spiro atoms. The average molecular weight is 157 g/mol. The lowest BCUT2D eigenvalue weighted by Crippen LogP contribution is -2.02. The quantitative estimate of drug-likeness (QED) is 0.685. The molecule has 0 aromatic carbocycles. The fourth-order valence-corrected chi connectivity index (χ4v) is 0.911. The van der Waals surface area contributed by atoms with E-state index in [1.165, 1.54) is 0 Å². The third-order valence-corrected chi connectivity index (χ3v) is 1.43. The van der Waals surface area contributed by atoms with E-state index in [9.17, 15) is 4.39 Å². The van der Waals surface area contributed by atoms with Crippen LogP contribution in [0.25, 0.3) is 0 Å². The van der Waals surface area contributed by atoms with Gasteiger partial charge in [0.25, 0.3) is 0 Å². The van der Waals surface area contributed by atoms with Crippen molar-refractivity contribution >= 4 is 0 Å². The molecule has 0 unspecified atom stereocenters. The first-order valence-corrected chi connectivity index (χ1v) is 3.64. The summed E-state index contributed by atoms with van der Waals surface area (Å²) in [5, 5.41) is 3.95. The Hall–Kier alpha value is -0.900. The van der Waals surface area contributed by atoms with Crippen LogP contribution in [0.3, 0.4) is 0 Å². The Balaban J connectivity index is 2.51. The molecule has 0 saturated carbocycles. The van der Waals surface area contributed by atoms with Gasteiger partial charge < -0.3 is 5.73 Å². The number of nitrogens with two attached hydrogens (primary N) is 1. The summed E-state index contributed by atoms with van der Waals surface area (Å²) in [6, 6.07) is 0. The molecule has 1 heterocycles. The smallest absolute Gasteiger partial charge is 0.109 e. The number of alkyl halides is 1. The van der Waals surface area contributed by atoms with Crippen molar-refractivity contribution in [2.75, 3.05) is 13.2 Å². The third kappa shape index (κ3) is 2.31. The van der Waals surface area contributed by atoms with E-state index >= 15 is 0 Å². The van der Waals surface area contributed by atoms with Crippen LogP contribution in [-0.4, -0.2) is 23.0 Å². The van der Waals surface area contributed by atoms with Gasteiger partial charge in [0.15, 0.2) is 0 Å². The summed E-state index contributed by atoms with van der Waals surface area (Å²) in [5.41, 5.74) is 6.40. The predicted octanol–water partition coefficient (Wildman–Crippen LogP) is 0.354. The minimum atomic E-state index is -0.371. The number of rotatable bonds is 4. The zero-order chi connectivity index (χ0) is 8.10. The van der Waals surface area contributed by atoms with Crippen LogP contribution in [0.5, 0.6) is 0 Å². The summed E-state index contributed by atoms with van der Waals surface area (Å²) in [5.74, 6) is 0. The van der Waals surface area contributed by atoms with Crippen LogP contribution in [0.1, 0.15) is 5.56 Å². The SMILES string of the molecule is NCCc1cnn(CCF)c1. The summed E-state index contributed by atoms with van der Waals surface area (Å²) in [7, 11) is 0. The van der Waals surface area contributed by atoms with E-state index in [-0.39, 0.29) is 6.67 Å². The fourth-order valence-electron chi connectivity index (χ4n) is 0.911. The van der Waals surface area contributed by atoms with Crippen molar-refractivity contribution in [3.05, 3.63) is 18.0 Å². The standard InChI is InChI=1S/C7H12FN3/c8-2-4-11-6-7(1-3-9)5-10-11/h5-6H,1-4,9H2. The highest BCUT2D eigenvalue weighted by Gasteiger charge is 1.95. The predicted molar refractivity (Wildman–Crippen MR) is 41.0 cm³/mol. The number of aryl methyl sites for hydroxylation is 1. The summed E-state index contributed by atoms with van der Waals surface area (Å²) in [4.78, 5) is 0. The lowest BCUT2D eigenvalue weighted by Gasteiger charge is -1.93. The number of halogens is 1. The Morgan fingerprint density at radius 1 is 1.64 bits per heavy atom. The van der Waals surface area contributed by atoms with Crippen LogP contribution >= 0.6 is 0 Å². The molecule has 0 aliphatic rings. The average Bonchev–Trinajstić information content (AvgIpc) is 2.38. The molecule has 0 aliphatic carbocycles. The van der Waals surface area contributed by atoms with Crippen LogP contribution in [0.15, 0.2) is 12.4 Å². The van der Waals surface area contributed by atoms with Crippen molar-refractivity contribution in [1.82, 2.24) is 9.78 Å². The zero-order valence-electron chi connectivity index (χ0n) is 6.33. The second-order valence-electron chi connectivity index (χ2n) is 2.34. The van der Waals surface area contributed by atoms with Crippen molar-refractivity contribution in [3.63, 3.8) is 0 Å². The Labute approximate surface area is 65.0 Å². The molecule has 62 valence electrons. The van der Waals surface area contributed by atoms with Gasteiger partial charge in [-0.1, -0.05) is 0 Å². The van der Waals surface area contributed by atoms with Gasteiger partial charge in [-0.15, -0.1) is 0 Å². The number of hydrogen-bond donors (Lipinski definition) is 1. The van der Waals surface area contributed by atoms with E-state index in [1.54, 1.807) is 10.9 Å². The highest BCUT2D eigenvalue weighted by molar-refractivity contribution is 5.03. The molecule has 0 saturated heterocycles. The maximum absolute atomic E-state index is 11.8. The molecule has 1 aromatic rings. The Morgan fingerprint density at radius 2 is 2.45 bits per heavy atom. The molecule has 11 heavy (non-hydrogen) atoms. The number of nitrogens with zero attached hydrogens (tertiary/aromatic N) is 2. The van der Waals surface area contributed by atoms with Gasteiger partial charge in [-0.3, -0.25) is 4.68 Å². The highest BCUT2D eigenvalue weighted by atomic mass is 19.1. The summed E-state index contributed by atoms with van der Waals surface area (Å²) in [6.07, 6.45) is 4.36. The minimum absolute atomic E-state index is 0.338. The van der Waals surface area contributed by atoms with Crippen molar-refractivity contribution < 1.29 is 4.39 Å². The second kappa shape index (κ2) is 4.08. The first-order valence-electron chi connectivity index (χ1n) is 3.64. The molecule has 1 rings (SSSR count). The second-order valence-corrected chi connectivity index (χ2v) is 2.34. The van der Waals surface area contributed by atoms with Crippen LogP contribution in [0.2, 0.25) is 0 Å². The maximum Gasteiger partial charge on any atom is 0.109 e. The topological polar surface area (TPSA) is 43.8 Å². The molecule has 3 nitrogen and oxygen atoms in total. The first-order chi connectivity index (χ1) is 5.36. The van der Waals surface area contributed by atoms with Gasteiger partial charge in [0.1, 0.15) is 6.67 Å². The maximum atomic E-state index is 11.8. The summed E-state index contributed by atoms with van der Waals surface area (Å²) < 4.78 is 13.4. The molecular weight excluding hydrogens is 145 g/mol. The molecule has 4 heteroatoms. The zero-order valence-corrected chi connectivity index (χ0v) is 6.33. The van der Waals surface area contributed by atoms with Crippen LogP contribution < -0.4 is 5.73 Å². The summed E-state index contributed by atoms with van der Waals surface area (Å²) >= 11 is 0. The molecule has 0 atom stereocenters. The fraction of sp³-hybridized carbons (Fsp3) is 0.571. The van der Waals surface area contributed by atoms with Crippen molar-refractivity contribution in [1.29, 1.82) is 0 Å². The largest absolute Gasteiger partial charge is 0.330 e. The molecule has 0 bridgehead atoms. The van der Waals surface area contributed by atoms with Gasteiger partial charge in [0.05, 0.1) is 12.7 Å². The van der Waals surface area contributed by atoms with Crippen LogP contribution in [-0.2, 0) is 13.0 Å². The van der Waals surface area contributed by atoms with Gasteiger partial charge in [-0.25, -0.2) is 4.39 Å². The van der Waals surface area contributed by atoms with Crippen molar-refractivity contribution in [2.45, 2.75) is 13.0 Å². The normalized spacial score (nSPS) is 10.4. The third-order valence-electron chi connectivity index (χ3n) is 1.43. The summed E-state index contributed by atoms with van der Waals surface area (Å²) in [6.45, 7) is 0.579. The van der Waals surface area contributed by atoms with E-state index in [0.717, 1.165) is 12.0 Å². The molecular formula is C7H12FN3. The molecule has 1 aromatic heterocycles. The molecule has 0 amide bonds. The van der Waals surface area contributed by atoms with Gasteiger partial charge in [-0.05, 0) is 18.5 Å². The molecule has 0 aliphatic heterocycles. The van der Waals surface area contributed by atoms with Crippen LogP contribution in [0, 0.1) is 0 Å². The van der Waals surface area contributed by atoms with E-state index in [1.807, 2.05) is 6.20 Å². The number of hydrogen-bond acceptors (Lipinski definition) is 2. The lowest BCUT2D eigenvalue weighted by atomic mass is 10.3. The molecule has 0 radical (unpaired) electrons. The first kappa shape index (κ1) is 8.20. The lowest BCUT2D eigenvalue weighted by molar-refractivity contribution is 0.427. The minimum Gasteiger partial charge on any atom is -0.330 e. The van der Waals surface area contributed by atoms with Crippen molar-refractivity contribution in [3.8, 4) is 0 Å². The Bertz CT molecular complexity index is 189. The van der Waals surface area contributed by atoms with Gasteiger partial charge >= 0.3 is 0 Å². The van der Waals surface area contributed by atoms with Crippen LogP contribution in [0.4, 0.5) is 4.39 Å². The van der Waals surface area contributed by atoms with Crippen molar-refractivity contribution in [2.24, 2.45) is 5.73 Å². The molecule has 0 fully saturated rings. The number of aromatic nitrogens is 2. The van der Waals surface area contributed by atoms with E-state index in [0.29, 0.717) is 13.1 Å². The monoisotopic (exact) mass is 157 g/mol. The van der Waals surface area contributed by atoms with Gasteiger partial charge in [0, 0.05) is 6.20 Å². The Morgan fingerprint density at radius 3 is 3.09 bits per heavy atom. The highest BCUT2D eigenvalue weighted by Crippen LogP contribution is 1.97. The molecule has 2 N–H and O–H groups in total. The van der Waals surface area contributed by atoms with E-state index < -0.39 is 0 Å². The Kier molecular flexibility index (Phi) is 3.04. The van der Waals surface area contributed by atoms with E-state index in [4.69, 9.17) is 5.73 Å². The van der Waals surface area contributed by atoms with E-state index in [2.05, 4.69) is 5.10 Å².